The van der Waals surface area contributed by atoms with Crippen molar-refractivity contribution in [3.63, 3.8) is 0 Å². The van der Waals surface area contributed by atoms with Crippen LogP contribution in [0.25, 0.3) is 0 Å². The highest BCUT2D eigenvalue weighted by Gasteiger charge is 2.15. The number of nitrogens with zero attached hydrogens (tertiary/aromatic N) is 2. The fourth-order valence-corrected chi connectivity index (χ4v) is 1.25. The molecule has 0 unspecified atom stereocenters. The average Bonchev–Trinajstić information content (AvgIpc) is 2.53. The van der Waals surface area contributed by atoms with Gasteiger partial charge in [-0.25, -0.2) is 0 Å². The van der Waals surface area contributed by atoms with Gasteiger partial charge in [0.1, 0.15) is 6.20 Å². The molecule has 0 spiro atoms. The summed E-state index contributed by atoms with van der Waals surface area (Å²) in [5.41, 5.74) is 0. The predicted molar refractivity (Wildman–Crippen MR) is 49.9 cm³/mol. The quantitative estimate of drug-likeness (QED) is 0.579. The molecule has 0 aliphatic rings. The van der Waals surface area contributed by atoms with E-state index in [1.807, 2.05) is 0 Å². The summed E-state index contributed by atoms with van der Waals surface area (Å²) in [6.07, 6.45) is 2.02. The number of hydrogen-bond acceptors (Lipinski definition) is 4. The number of aliphatic hydroxyl groups excluding tert-OH is 2. The number of aliphatic carboxylic acids is 1. The lowest BCUT2D eigenvalue weighted by Gasteiger charge is -2.13. The van der Waals surface area contributed by atoms with E-state index in [4.69, 9.17) is 5.11 Å². The van der Waals surface area contributed by atoms with Gasteiger partial charge in [-0.2, -0.15) is 5.10 Å². The topological polar surface area (TPSA) is 95.6 Å². The van der Waals surface area contributed by atoms with Crippen LogP contribution in [-0.4, -0.2) is 43.3 Å². The van der Waals surface area contributed by atoms with E-state index in [9.17, 15) is 15.0 Å². The molecule has 0 aliphatic carbocycles. The summed E-state index contributed by atoms with van der Waals surface area (Å²) < 4.78 is 1.47. The van der Waals surface area contributed by atoms with Crippen molar-refractivity contribution in [2.75, 3.05) is 0 Å². The highest BCUT2D eigenvalue weighted by Crippen LogP contribution is 2.04. The number of carboxylic acid groups (broad SMARTS) is 1. The number of hydrogen-bond donors (Lipinski definition) is 3. The minimum Gasteiger partial charge on any atom is -0.481 e. The Hall–Kier alpha value is -1.40. The number of aromatic nitrogens is 2. The highest BCUT2D eigenvalue weighted by atomic mass is 16.4. The first-order valence-corrected chi connectivity index (χ1v) is 4.55. The summed E-state index contributed by atoms with van der Waals surface area (Å²) in [6.45, 7) is 0.222. The van der Waals surface area contributed by atoms with Gasteiger partial charge in [0, 0.05) is 12.6 Å². The molecule has 0 bridgehead atoms. The third kappa shape index (κ3) is 4.57. The lowest BCUT2D eigenvalue weighted by molar-refractivity contribution is -0.139. The summed E-state index contributed by atoms with van der Waals surface area (Å²) in [6, 6.07) is 1.60. The van der Waals surface area contributed by atoms with Crippen molar-refractivity contribution in [2.45, 2.75) is 31.6 Å². The molecule has 0 saturated heterocycles. The van der Waals surface area contributed by atoms with Gasteiger partial charge in [-0.15, -0.1) is 0 Å². The molecule has 1 rings (SSSR count). The Morgan fingerprint density at radius 3 is 2.73 bits per heavy atom. The summed E-state index contributed by atoms with van der Waals surface area (Å²) in [7, 11) is 0. The molecule has 6 heteroatoms. The van der Waals surface area contributed by atoms with Crippen molar-refractivity contribution < 1.29 is 20.1 Å². The Morgan fingerprint density at radius 2 is 2.20 bits per heavy atom. The van der Waals surface area contributed by atoms with Crippen LogP contribution in [0.1, 0.15) is 12.8 Å². The minimum absolute atomic E-state index is 0.0200. The van der Waals surface area contributed by atoms with Crippen LogP contribution in [0.2, 0.25) is 0 Å². The Labute approximate surface area is 86.8 Å². The van der Waals surface area contributed by atoms with Crippen molar-refractivity contribution >= 4 is 5.97 Å². The van der Waals surface area contributed by atoms with E-state index in [-0.39, 0.29) is 19.4 Å². The van der Waals surface area contributed by atoms with Crippen LogP contribution in [0.4, 0.5) is 0 Å². The predicted octanol–water partition coefficient (Wildman–Crippen LogP) is -0.730. The summed E-state index contributed by atoms with van der Waals surface area (Å²) in [5.74, 6) is -1.08. The summed E-state index contributed by atoms with van der Waals surface area (Å²) >= 11 is 0. The molecule has 6 nitrogen and oxygen atoms in total. The lowest BCUT2D eigenvalue weighted by atomic mass is 10.1. The van der Waals surface area contributed by atoms with Crippen LogP contribution in [0.15, 0.2) is 12.3 Å². The van der Waals surface area contributed by atoms with Gasteiger partial charge in [0.2, 0.25) is 0 Å². The third-order valence-corrected chi connectivity index (χ3v) is 1.86. The Morgan fingerprint density at radius 1 is 1.47 bits per heavy atom. The van der Waals surface area contributed by atoms with Gasteiger partial charge in [0.05, 0.1) is 25.2 Å². The maximum absolute atomic E-state index is 10.2. The first kappa shape index (κ1) is 11.7. The van der Waals surface area contributed by atoms with E-state index in [0.29, 0.717) is 0 Å². The van der Waals surface area contributed by atoms with Crippen LogP contribution in [0.5, 0.6) is 0 Å². The van der Waals surface area contributed by atoms with Crippen molar-refractivity contribution in [1.29, 1.82) is 0 Å². The van der Waals surface area contributed by atoms with E-state index >= 15 is 0 Å². The SMILES string of the molecule is O=C(O)C[C@H](O)C[C@@H](O)Cn1cc[c]n1. The summed E-state index contributed by atoms with van der Waals surface area (Å²) in [5, 5.41) is 30.9. The second-order valence-electron chi connectivity index (χ2n) is 3.31. The van der Waals surface area contributed by atoms with Gasteiger partial charge < -0.3 is 15.3 Å². The van der Waals surface area contributed by atoms with Crippen LogP contribution in [0, 0.1) is 6.20 Å². The highest BCUT2D eigenvalue weighted by molar-refractivity contribution is 5.67. The fourth-order valence-electron chi connectivity index (χ4n) is 1.25. The molecule has 1 aromatic rings. The molecular formula is C9H13N2O4. The van der Waals surface area contributed by atoms with Crippen molar-refractivity contribution in [1.82, 2.24) is 9.78 Å². The van der Waals surface area contributed by atoms with E-state index in [1.165, 1.54) is 4.68 Å². The van der Waals surface area contributed by atoms with Crippen LogP contribution in [-0.2, 0) is 11.3 Å². The molecule has 2 atom stereocenters. The molecule has 15 heavy (non-hydrogen) atoms. The second-order valence-corrected chi connectivity index (χ2v) is 3.31. The molecule has 0 amide bonds. The first-order chi connectivity index (χ1) is 7.08. The Balaban J connectivity index is 2.29. The second kappa shape index (κ2) is 5.47. The van der Waals surface area contributed by atoms with Gasteiger partial charge in [0.25, 0.3) is 0 Å². The Bertz CT molecular complexity index is 299. The zero-order valence-electron chi connectivity index (χ0n) is 8.08. The van der Waals surface area contributed by atoms with Gasteiger partial charge in [0.15, 0.2) is 0 Å². The van der Waals surface area contributed by atoms with Gasteiger partial charge in [-0.3, -0.25) is 9.48 Å². The molecule has 0 aliphatic heterocycles. The number of carbonyl (C=O) groups is 1. The minimum atomic E-state index is -1.08. The van der Waals surface area contributed by atoms with Gasteiger partial charge >= 0.3 is 5.97 Å². The fraction of sp³-hybridized carbons (Fsp3) is 0.556. The van der Waals surface area contributed by atoms with E-state index in [0.717, 1.165) is 0 Å². The third-order valence-electron chi connectivity index (χ3n) is 1.86. The Kier molecular flexibility index (Phi) is 4.26. The molecule has 0 saturated carbocycles. The van der Waals surface area contributed by atoms with E-state index in [2.05, 4.69) is 11.3 Å². The lowest BCUT2D eigenvalue weighted by Crippen LogP contribution is -2.24. The molecular weight excluding hydrogens is 200 g/mol. The number of aliphatic hydroxyl groups is 2. The van der Waals surface area contributed by atoms with Crippen molar-refractivity contribution in [3.05, 3.63) is 18.5 Å². The normalized spacial score (nSPS) is 14.8. The van der Waals surface area contributed by atoms with Crippen LogP contribution in [0.3, 0.4) is 0 Å². The molecule has 1 aromatic heterocycles. The van der Waals surface area contributed by atoms with Crippen LogP contribution < -0.4 is 0 Å². The molecule has 83 valence electrons. The van der Waals surface area contributed by atoms with Crippen molar-refractivity contribution in [3.8, 4) is 0 Å². The molecule has 0 aromatic carbocycles. The average molecular weight is 213 g/mol. The smallest absolute Gasteiger partial charge is 0.305 e. The maximum atomic E-state index is 10.2. The maximum Gasteiger partial charge on any atom is 0.305 e. The zero-order valence-corrected chi connectivity index (χ0v) is 8.08. The monoisotopic (exact) mass is 213 g/mol. The van der Waals surface area contributed by atoms with E-state index < -0.39 is 18.2 Å². The standard InChI is InChI=1S/C9H13N2O4/c12-7(5-9(14)15)4-8(13)6-11-3-1-2-10-11/h1,3,7-8,12-13H,4-6H2,(H,14,15)/t7-,8-/m1/s1. The molecule has 1 heterocycles. The molecule has 3 N–H and O–H groups in total. The molecule has 0 fully saturated rings. The van der Waals surface area contributed by atoms with Crippen LogP contribution >= 0.6 is 0 Å². The van der Waals surface area contributed by atoms with Gasteiger partial charge in [-0.05, 0) is 6.07 Å². The first-order valence-electron chi connectivity index (χ1n) is 4.55. The number of rotatable bonds is 6. The van der Waals surface area contributed by atoms with E-state index in [1.54, 1.807) is 12.3 Å². The van der Waals surface area contributed by atoms with Gasteiger partial charge in [-0.1, -0.05) is 0 Å². The molecule has 1 radical (unpaired) electrons. The van der Waals surface area contributed by atoms with Crippen molar-refractivity contribution in [2.24, 2.45) is 0 Å². The summed E-state index contributed by atoms with van der Waals surface area (Å²) in [4.78, 5) is 10.2. The largest absolute Gasteiger partial charge is 0.481 e. The number of carboxylic acids is 1. The zero-order chi connectivity index (χ0) is 11.3.